The third-order valence-corrected chi connectivity index (χ3v) is 5.57. The smallest absolute Gasteiger partial charge is 0.305 e. The Hall–Kier alpha value is -4.20. The molecule has 3 aromatic carbocycles. The molecule has 1 atom stereocenters. The molecule has 0 saturated heterocycles. The molecule has 0 aliphatic heterocycles. The van der Waals surface area contributed by atoms with Crippen LogP contribution in [-0.4, -0.2) is 33.3 Å². The lowest BCUT2D eigenvalue weighted by molar-refractivity contribution is -0.136. The molecule has 1 unspecified atom stereocenters. The highest BCUT2D eigenvalue weighted by molar-refractivity contribution is 5.94. The number of amides is 1. The van der Waals surface area contributed by atoms with Crippen molar-refractivity contribution in [1.82, 2.24) is 15.1 Å². The van der Waals surface area contributed by atoms with Crippen molar-refractivity contribution in [3.8, 4) is 11.4 Å². The second-order valence-electron chi connectivity index (χ2n) is 8.19. The fourth-order valence-corrected chi connectivity index (χ4v) is 3.75. The van der Waals surface area contributed by atoms with E-state index in [9.17, 15) is 14.0 Å². The van der Waals surface area contributed by atoms with Gasteiger partial charge in [0.1, 0.15) is 17.7 Å². The van der Waals surface area contributed by atoms with Gasteiger partial charge in [-0.05, 0) is 60.5 Å². The van der Waals surface area contributed by atoms with Crippen molar-refractivity contribution in [2.75, 3.05) is 6.54 Å². The zero-order chi connectivity index (χ0) is 24.8. The first-order valence-electron chi connectivity index (χ1n) is 11.4. The van der Waals surface area contributed by atoms with Crippen LogP contribution >= 0.6 is 0 Å². The van der Waals surface area contributed by atoms with E-state index in [2.05, 4.69) is 17.3 Å². The summed E-state index contributed by atoms with van der Waals surface area (Å²) >= 11 is 0. The van der Waals surface area contributed by atoms with Crippen molar-refractivity contribution in [2.45, 2.75) is 32.3 Å². The molecule has 0 spiro atoms. The number of carboxylic acids is 1. The van der Waals surface area contributed by atoms with Gasteiger partial charge in [-0.2, -0.15) is 5.10 Å². The van der Waals surface area contributed by atoms with E-state index in [1.54, 1.807) is 22.9 Å². The van der Waals surface area contributed by atoms with Crippen LogP contribution in [0.25, 0.3) is 16.6 Å². The summed E-state index contributed by atoms with van der Waals surface area (Å²) in [5.74, 6) is -0.886. The van der Waals surface area contributed by atoms with Crippen LogP contribution in [0, 0.1) is 5.82 Å². The largest absolute Gasteiger partial charge is 0.486 e. The molecule has 1 heterocycles. The number of rotatable bonds is 10. The number of aromatic nitrogens is 2. The van der Waals surface area contributed by atoms with Gasteiger partial charge in [0.15, 0.2) is 0 Å². The van der Waals surface area contributed by atoms with Crippen molar-refractivity contribution in [2.24, 2.45) is 0 Å². The Balaban J connectivity index is 1.44. The third-order valence-electron chi connectivity index (χ3n) is 5.57. The number of carboxylic acid groups (broad SMARTS) is 1. The summed E-state index contributed by atoms with van der Waals surface area (Å²) in [7, 11) is 0. The molecule has 1 aromatic heterocycles. The fourth-order valence-electron chi connectivity index (χ4n) is 3.75. The zero-order valence-corrected chi connectivity index (χ0v) is 19.3. The van der Waals surface area contributed by atoms with Gasteiger partial charge in [0.25, 0.3) is 5.91 Å². The van der Waals surface area contributed by atoms with Crippen LogP contribution in [0.1, 0.15) is 48.2 Å². The number of halogens is 1. The molecule has 8 heteroatoms. The van der Waals surface area contributed by atoms with Crippen molar-refractivity contribution in [3.63, 3.8) is 0 Å². The van der Waals surface area contributed by atoms with Crippen molar-refractivity contribution in [3.05, 3.63) is 89.9 Å². The average molecular weight is 476 g/mol. The number of benzene rings is 3. The van der Waals surface area contributed by atoms with E-state index in [0.29, 0.717) is 16.8 Å². The predicted molar refractivity (Wildman–Crippen MR) is 130 cm³/mol. The average Bonchev–Trinajstić information content (AvgIpc) is 3.27. The highest BCUT2D eigenvalue weighted by atomic mass is 19.1. The molecule has 0 bridgehead atoms. The van der Waals surface area contributed by atoms with Crippen LogP contribution in [0.5, 0.6) is 5.75 Å². The minimum atomic E-state index is -0.957. The van der Waals surface area contributed by atoms with E-state index in [-0.39, 0.29) is 30.8 Å². The van der Waals surface area contributed by atoms with Gasteiger partial charge in [-0.1, -0.05) is 25.5 Å². The van der Waals surface area contributed by atoms with Crippen LogP contribution in [0.4, 0.5) is 4.39 Å². The molecule has 0 fully saturated rings. The number of ether oxygens (including phenoxy) is 1. The van der Waals surface area contributed by atoms with Crippen molar-refractivity contribution >= 4 is 22.8 Å². The first-order chi connectivity index (χ1) is 16.9. The van der Waals surface area contributed by atoms with Crippen LogP contribution in [0.3, 0.4) is 0 Å². The Morgan fingerprint density at radius 1 is 1.09 bits per heavy atom. The maximum absolute atomic E-state index is 13.5. The monoisotopic (exact) mass is 475 g/mol. The van der Waals surface area contributed by atoms with E-state index >= 15 is 0 Å². The van der Waals surface area contributed by atoms with E-state index in [1.165, 1.54) is 12.1 Å². The number of carbonyl (C=O) groups excluding carboxylic acids is 1. The topological polar surface area (TPSA) is 93.5 Å². The number of nitrogens with one attached hydrogen (secondary N) is 1. The van der Waals surface area contributed by atoms with E-state index in [4.69, 9.17) is 9.84 Å². The first kappa shape index (κ1) is 23.9. The van der Waals surface area contributed by atoms with E-state index in [0.717, 1.165) is 29.5 Å². The number of fused-ring (bicyclic) bond motifs is 1. The molecule has 180 valence electrons. The molecule has 4 rings (SSSR count). The lowest BCUT2D eigenvalue weighted by atomic mass is 10.0. The van der Waals surface area contributed by atoms with Gasteiger partial charge in [-0.15, -0.1) is 0 Å². The summed E-state index contributed by atoms with van der Waals surface area (Å²) in [6.45, 7) is 2.16. The molecule has 7 nitrogen and oxygen atoms in total. The molecule has 0 saturated carbocycles. The summed E-state index contributed by atoms with van der Waals surface area (Å²) in [5.41, 5.74) is 2.83. The van der Waals surface area contributed by atoms with Gasteiger partial charge in [0.2, 0.25) is 0 Å². The minimum Gasteiger partial charge on any atom is -0.486 e. The third kappa shape index (κ3) is 6.03. The van der Waals surface area contributed by atoms with Crippen molar-refractivity contribution in [1.29, 1.82) is 0 Å². The fraction of sp³-hybridized carbons (Fsp3) is 0.222. The molecule has 35 heavy (non-hydrogen) atoms. The van der Waals surface area contributed by atoms with Crippen molar-refractivity contribution < 1.29 is 23.8 Å². The lowest BCUT2D eigenvalue weighted by Crippen LogP contribution is -2.26. The maximum Gasteiger partial charge on any atom is 0.305 e. The first-order valence-corrected chi connectivity index (χ1v) is 11.4. The second kappa shape index (κ2) is 10.8. The second-order valence-corrected chi connectivity index (χ2v) is 8.19. The molecule has 0 aliphatic rings. The van der Waals surface area contributed by atoms with Gasteiger partial charge in [-0.25, -0.2) is 9.07 Å². The molecule has 2 N–H and O–H groups in total. The van der Waals surface area contributed by atoms with Gasteiger partial charge in [0, 0.05) is 29.8 Å². The normalized spacial score (nSPS) is 11.8. The van der Waals surface area contributed by atoms with E-state index in [1.807, 2.05) is 42.6 Å². The van der Waals surface area contributed by atoms with Gasteiger partial charge < -0.3 is 15.2 Å². The molecule has 4 aromatic rings. The quantitative estimate of drug-likeness (QED) is 0.325. The molecular weight excluding hydrogens is 449 g/mol. The number of carbonyl (C=O) groups is 2. The van der Waals surface area contributed by atoms with Gasteiger partial charge >= 0.3 is 5.97 Å². The van der Waals surface area contributed by atoms with Crippen LogP contribution in [-0.2, 0) is 4.79 Å². The lowest BCUT2D eigenvalue weighted by Gasteiger charge is -2.19. The predicted octanol–water partition coefficient (Wildman–Crippen LogP) is 5.29. The SMILES string of the molecule is CCCC(Oc1ccc(-n2cc3ccc(F)cc3n2)cc1)c1ccc(C(=O)NCCC(=O)O)cc1. The zero-order valence-electron chi connectivity index (χ0n) is 19.3. The molecular formula is C27H26FN3O4. The number of hydrogen-bond acceptors (Lipinski definition) is 4. The Bertz CT molecular complexity index is 1320. The summed E-state index contributed by atoms with van der Waals surface area (Å²) in [6, 6.07) is 19.2. The standard InChI is InChI=1S/C27H26FN3O4/c1-2-3-25(18-4-6-19(7-5-18)27(34)29-15-14-26(32)33)35-23-12-10-22(11-13-23)31-17-20-8-9-21(28)16-24(20)30-31/h4-13,16-17,25H,2-3,14-15H2,1H3,(H,29,34)(H,32,33). The molecule has 1 amide bonds. The molecule has 0 aliphatic carbocycles. The number of nitrogens with zero attached hydrogens (tertiary/aromatic N) is 2. The Morgan fingerprint density at radius 2 is 1.83 bits per heavy atom. The molecule has 0 radical (unpaired) electrons. The maximum atomic E-state index is 13.5. The Kier molecular flexibility index (Phi) is 7.40. The Morgan fingerprint density at radius 3 is 2.51 bits per heavy atom. The Labute approximate surface area is 202 Å². The summed E-state index contributed by atoms with van der Waals surface area (Å²) in [6.07, 6.45) is 3.25. The van der Waals surface area contributed by atoms with E-state index < -0.39 is 5.97 Å². The van der Waals surface area contributed by atoms with Crippen LogP contribution in [0.2, 0.25) is 0 Å². The minimum absolute atomic E-state index is 0.0823. The summed E-state index contributed by atoms with van der Waals surface area (Å²) < 4.78 is 21.4. The number of hydrogen-bond donors (Lipinski definition) is 2. The van der Waals surface area contributed by atoms with Gasteiger partial charge in [-0.3, -0.25) is 9.59 Å². The van der Waals surface area contributed by atoms with Gasteiger partial charge in [0.05, 0.1) is 17.6 Å². The summed E-state index contributed by atoms with van der Waals surface area (Å²) in [4.78, 5) is 22.8. The highest BCUT2D eigenvalue weighted by Gasteiger charge is 2.15. The highest BCUT2D eigenvalue weighted by Crippen LogP contribution is 2.27. The van der Waals surface area contributed by atoms with Crippen LogP contribution < -0.4 is 10.1 Å². The van der Waals surface area contributed by atoms with Crippen LogP contribution in [0.15, 0.2) is 72.9 Å². The number of aliphatic carboxylic acids is 1. The summed E-state index contributed by atoms with van der Waals surface area (Å²) in [5, 5.41) is 16.6.